The Morgan fingerprint density at radius 2 is 1.96 bits per heavy atom. The van der Waals surface area contributed by atoms with E-state index in [1.54, 1.807) is 42.5 Å². The third-order valence-corrected chi connectivity index (χ3v) is 5.04. The van der Waals surface area contributed by atoms with Gasteiger partial charge in [0.05, 0.1) is 4.91 Å². The molecular weight excluding hydrogens is 368 g/mol. The topological polar surface area (TPSA) is 69.6 Å². The van der Waals surface area contributed by atoms with Gasteiger partial charge in [0, 0.05) is 18.7 Å². The summed E-state index contributed by atoms with van der Waals surface area (Å²) in [5.41, 5.74) is 1.43. The maximum Gasteiger partial charge on any atom is 0.266 e. The van der Waals surface area contributed by atoms with Crippen molar-refractivity contribution in [2.75, 3.05) is 11.9 Å². The van der Waals surface area contributed by atoms with E-state index in [-0.39, 0.29) is 30.5 Å². The van der Waals surface area contributed by atoms with Crippen LogP contribution in [0, 0.1) is 0 Å². The van der Waals surface area contributed by atoms with Gasteiger partial charge in [-0.1, -0.05) is 54.3 Å². The van der Waals surface area contributed by atoms with Crippen molar-refractivity contribution >= 4 is 51.9 Å². The number of para-hydroxylation sites is 1. The molecule has 7 heteroatoms. The molecule has 0 unspecified atom stereocenters. The second-order valence-electron chi connectivity index (χ2n) is 5.59. The van der Waals surface area contributed by atoms with Gasteiger partial charge in [-0.25, -0.2) is 0 Å². The zero-order valence-corrected chi connectivity index (χ0v) is 15.3. The molecule has 1 aliphatic rings. The number of anilines is 1. The quantitative estimate of drug-likeness (QED) is 0.609. The minimum atomic E-state index is -0.226. The van der Waals surface area contributed by atoms with Crippen molar-refractivity contribution in [1.82, 2.24) is 4.90 Å². The van der Waals surface area contributed by atoms with Crippen LogP contribution in [0.4, 0.5) is 5.69 Å². The van der Waals surface area contributed by atoms with Crippen LogP contribution in [-0.2, 0) is 9.59 Å². The molecule has 2 aromatic rings. The average molecular weight is 384 g/mol. The van der Waals surface area contributed by atoms with Crippen LogP contribution in [-0.4, -0.2) is 32.7 Å². The highest BCUT2D eigenvalue weighted by molar-refractivity contribution is 8.26. The minimum Gasteiger partial charge on any atom is -0.508 e. The zero-order valence-electron chi connectivity index (χ0n) is 13.7. The molecule has 0 spiro atoms. The van der Waals surface area contributed by atoms with Crippen molar-refractivity contribution in [2.45, 2.75) is 6.42 Å². The lowest BCUT2D eigenvalue weighted by Gasteiger charge is -2.14. The van der Waals surface area contributed by atoms with Crippen molar-refractivity contribution in [2.24, 2.45) is 0 Å². The van der Waals surface area contributed by atoms with E-state index < -0.39 is 0 Å². The van der Waals surface area contributed by atoms with E-state index in [1.807, 2.05) is 18.2 Å². The average Bonchev–Trinajstić information content (AvgIpc) is 2.87. The van der Waals surface area contributed by atoms with Crippen LogP contribution >= 0.6 is 24.0 Å². The summed E-state index contributed by atoms with van der Waals surface area (Å²) in [6.07, 6.45) is 1.84. The smallest absolute Gasteiger partial charge is 0.266 e. The number of carbonyl (C=O) groups excluding carboxylic acids is 2. The Bertz CT molecular complexity index is 881. The number of nitrogens with one attached hydrogen (secondary N) is 1. The number of amides is 2. The third-order valence-electron chi connectivity index (χ3n) is 3.66. The standard InChI is InChI=1S/C19H16N2O3S2/c22-15-8-4-5-13(11-15)12-16-18(24)21(19(25)26-16)10-9-17(23)20-14-6-2-1-3-7-14/h1-8,11-12,22H,9-10H2,(H,20,23)/b16-12-. The summed E-state index contributed by atoms with van der Waals surface area (Å²) >= 11 is 6.46. The van der Waals surface area contributed by atoms with Gasteiger partial charge in [0.25, 0.3) is 5.91 Å². The van der Waals surface area contributed by atoms with E-state index >= 15 is 0 Å². The summed E-state index contributed by atoms with van der Waals surface area (Å²) in [4.78, 5) is 26.5. The molecule has 0 bridgehead atoms. The molecule has 3 rings (SSSR count). The predicted octanol–water partition coefficient (Wildman–Crippen LogP) is 3.62. The SMILES string of the molecule is O=C(CCN1C(=O)/C(=C/c2cccc(O)c2)SC1=S)Nc1ccccc1. The Labute approximate surface area is 160 Å². The van der Waals surface area contributed by atoms with Crippen LogP contribution in [0.25, 0.3) is 6.08 Å². The van der Waals surface area contributed by atoms with E-state index in [9.17, 15) is 14.7 Å². The normalized spacial score (nSPS) is 15.5. The summed E-state index contributed by atoms with van der Waals surface area (Å²) in [6, 6.07) is 15.8. The number of thiocarbonyl (C=S) groups is 1. The van der Waals surface area contributed by atoms with Gasteiger partial charge < -0.3 is 10.4 Å². The number of rotatable bonds is 5. The van der Waals surface area contributed by atoms with E-state index in [2.05, 4.69) is 5.32 Å². The number of hydrogen-bond donors (Lipinski definition) is 2. The number of phenols is 1. The Kier molecular flexibility index (Phi) is 5.70. The van der Waals surface area contributed by atoms with Crippen LogP contribution in [0.1, 0.15) is 12.0 Å². The molecule has 0 saturated carbocycles. The van der Waals surface area contributed by atoms with Gasteiger partial charge in [0.15, 0.2) is 0 Å². The fourth-order valence-electron chi connectivity index (χ4n) is 2.42. The monoisotopic (exact) mass is 384 g/mol. The van der Waals surface area contributed by atoms with E-state index in [1.165, 1.54) is 16.7 Å². The van der Waals surface area contributed by atoms with Crippen molar-refractivity contribution in [3.63, 3.8) is 0 Å². The number of thioether (sulfide) groups is 1. The first-order valence-corrected chi connectivity index (χ1v) is 9.15. The molecule has 0 radical (unpaired) electrons. The molecule has 1 aliphatic heterocycles. The van der Waals surface area contributed by atoms with Gasteiger partial charge in [0.1, 0.15) is 10.1 Å². The van der Waals surface area contributed by atoms with Crippen LogP contribution in [0.3, 0.4) is 0 Å². The van der Waals surface area contributed by atoms with Crippen LogP contribution in [0.5, 0.6) is 5.75 Å². The minimum absolute atomic E-state index is 0.131. The lowest BCUT2D eigenvalue weighted by molar-refractivity contribution is -0.122. The highest BCUT2D eigenvalue weighted by atomic mass is 32.2. The highest BCUT2D eigenvalue weighted by Crippen LogP contribution is 2.33. The zero-order chi connectivity index (χ0) is 18.5. The van der Waals surface area contributed by atoms with Crippen molar-refractivity contribution in [3.05, 3.63) is 65.1 Å². The second-order valence-corrected chi connectivity index (χ2v) is 7.27. The molecule has 0 atom stereocenters. The maximum atomic E-state index is 12.5. The van der Waals surface area contributed by atoms with Crippen molar-refractivity contribution in [3.8, 4) is 5.75 Å². The van der Waals surface area contributed by atoms with Crippen molar-refractivity contribution in [1.29, 1.82) is 0 Å². The van der Waals surface area contributed by atoms with Gasteiger partial charge in [-0.05, 0) is 35.9 Å². The van der Waals surface area contributed by atoms with Crippen LogP contribution < -0.4 is 5.32 Å². The molecule has 0 aliphatic carbocycles. The maximum absolute atomic E-state index is 12.5. The Balaban J connectivity index is 1.61. The molecule has 1 saturated heterocycles. The number of hydrogen-bond acceptors (Lipinski definition) is 5. The molecule has 132 valence electrons. The molecular formula is C19H16N2O3S2. The number of benzene rings is 2. The Morgan fingerprint density at radius 3 is 2.69 bits per heavy atom. The van der Waals surface area contributed by atoms with Crippen LogP contribution in [0.2, 0.25) is 0 Å². The first-order valence-electron chi connectivity index (χ1n) is 7.92. The second kappa shape index (κ2) is 8.16. The van der Waals surface area contributed by atoms with E-state index in [0.29, 0.717) is 20.5 Å². The van der Waals surface area contributed by atoms with Gasteiger partial charge in [0.2, 0.25) is 5.91 Å². The lowest BCUT2D eigenvalue weighted by Crippen LogP contribution is -2.31. The van der Waals surface area contributed by atoms with Gasteiger partial charge in [-0.2, -0.15) is 0 Å². The number of nitrogens with zero attached hydrogens (tertiary/aromatic N) is 1. The summed E-state index contributed by atoms with van der Waals surface area (Å²) in [5, 5.41) is 12.3. The van der Waals surface area contributed by atoms with Gasteiger partial charge in [-0.15, -0.1) is 0 Å². The molecule has 1 fully saturated rings. The summed E-state index contributed by atoms with van der Waals surface area (Å²) in [5.74, 6) is -0.273. The molecule has 1 heterocycles. The fourth-order valence-corrected chi connectivity index (χ4v) is 3.73. The Hall–Kier alpha value is -2.64. The van der Waals surface area contributed by atoms with Crippen molar-refractivity contribution < 1.29 is 14.7 Å². The highest BCUT2D eigenvalue weighted by Gasteiger charge is 2.32. The number of phenolic OH excluding ortho intramolecular Hbond substituents is 1. The Morgan fingerprint density at radius 1 is 1.19 bits per heavy atom. The largest absolute Gasteiger partial charge is 0.508 e. The summed E-state index contributed by atoms with van der Waals surface area (Å²) in [7, 11) is 0. The fraction of sp³-hybridized carbons (Fsp3) is 0.105. The summed E-state index contributed by atoms with van der Waals surface area (Å²) < 4.78 is 0.425. The predicted molar refractivity (Wildman–Crippen MR) is 108 cm³/mol. The molecule has 26 heavy (non-hydrogen) atoms. The molecule has 2 N–H and O–H groups in total. The third kappa shape index (κ3) is 4.50. The molecule has 0 aromatic heterocycles. The van der Waals surface area contributed by atoms with Gasteiger partial charge in [-0.3, -0.25) is 14.5 Å². The van der Waals surface area contributed by atoms with E-state index in [4.69, 9.17) is 12.2 Å². The first-order chi connectivity index (χ1) is 12.5. The summed E-state index contributed by atoms with van der Waals surface area (Å²) in [6.45, 7) is 0.223. The van der Waals surface area contributed by atoms with Crippen LogP contribution in [0.15, 0.2) is 59.5 Å². The molecule has 2 aromatic carbocycles. The molecule has 5 nitrogen and oxygen atoms in total. The number of carbonyl (C=O) groups is 2. The first kappa shape index (κ1) is 18.2. The molecule has 2 amide bonds. The van der Waals surface area contributed by atoms with E-state index in [0.717, 1.165) is 0 Å². The lowest BCUT2D eigenvalue weighted by atomic mass is 10.2. The van der Waals surface area contributed by atoms with Gasteiger partial charge >= 0.3 is 0 Å². The number of aromatic hydroxyl groups is 1.